The van der Waals surface area contributed by atoms with Crippen LogP contribution in [0.2, 0.25) is 0 Å². The molecule has 2 nitrogen and oxygen atoms in total. The molecule has 1 unspecified atom stereocenters. The van der Waals surface area contributed by atoms with Crippen LogP contribution < -0.4 is 5.32 Å². The van der Waals surface area contributed by atoms with E-state index in [1.54, 1.807) is 0 Å². The highest BCUT2D eigenvalue weighted by Gasteiger charge is 2.19. The van der Waals surface area contributed by atoms with E-state index in [-0.39, 0.29) is 0 Å². The Kier molecular flexibility index (Phi) is 4.33. The monoisotopic (exact) mass is 168 g/mol. The summed E-state index contributed by atoms with van der Waals surface area (Å²) in [6.07, 6.45) is 6.89. The number of likely N-dealkylation sites (N-methyl/N-ethyl adjacent to an activating group) is 1. The highest BCUT2D eigenvalue weighted by atomic mass is 15.2. The van der Waals surface area contributed by atoms with Crippen molar-refractivity contribution in [1.29, 1.82) is 0 Å². The average molecular weight is 168 g/mol. The number of hydrogen-bond acceptors (Lipinski definition) is 2. The molecular weight excluding hydrogens is 148 g/mol. The van der Waals surface area contributed by atoms with Gasteiger partial charge in [-0.2, -0.15) is 0 Å². The summed E-state index contributed by atoms with van der Waals surface area (Å²) in [5.74, 6) is 0. The maximum absolute atomic E-state index is 3.32. The van der Waals surface area contributed by atoms with Crippen LogP contribution in [-0.2, 0) is 0 Å². The molecule has 1 atom stereocenters. The predicted octanol–water partition coefficient (Wildman–Crippen LogP) is 1.25. The van der Waals surface area contributed by atoms with E-state index in [1.165, 1.54) is 32.5 Å². The second kappa shape index (κ2) is 5.33. The Hall–Kier alpha value is -0.340. The highest BCUT2D eigenvalue weighted by Crippen LogP contribution is 2.08. The lowest BCUT2D eigenvalue weighted by atomic mass is 10.3. The molecule has 0 aromatic heterocycles. The molecule has 0 spiro atoms. The number of likely N-dealkylation sites (tertiary alicyclic amines) is 1. The lowest BCUT2D eigenvalue weighted by molar-refractivity contribution is 0.336. The van der Waals surface area contributed by atoms with E-state index in [1.807, 2.05) is 0 Å². The molecule has 12 heavy (non-hydrogen) atoms. The van der Waals surface area contributed by atoms with Gasteiger partial charge in [0.1, 0.15) is 0 Å². The van der Waals surface area contributed by atoms with Crippen LogP contribution in [0, 0.1) is 0 Å². The van der Waals surface area contributed by atoms with Crippen molar-refractivity contribution in [2.45, 2.75) is 25.8 Å². The minimum atomic E-state index is 0.732. The molecule has 0 saturated carbocycles. The molecule has 1 aliphatic heterocycles. The van der Waals surface area contributed by atoms with Crippen molar-refractivity contribution < 1.29 is 0 Å². The molecule has 1 N–H and O–H groups in total. The molecule has 2 heteroatoms. The molecule has 1 heterocycles. The van der Waals surface area contributed by atoms with Gasteiger partial charge in [-0.1, -0.05) is 12.2 Å². The second-order valence-electron chi connectivity index (χ2n) is 3.43. The van der Waals surface area contributed by atoms with Crippen LogP contribution in [0.5, 0.6) is 0 Å². The fourth-order valence-electron chi connectivity index (χ4n) is 1.70. The fraction of sp³-hybridized carbons (Fsp3) is 0.800. The number of nitrogens with one attached hydrogen (secondary N) is 1. The first kappa shape index (κ1) is 9.75. The Morgan fingerprint density at radius 3 is 3.00 bits per heavy atom. The van der Waals surface area contributed by atoms with Crippen LogP contribution in [0.15, 0.2) is 12.2 Å². The first-order chi connectivity index (χ1) is 5.86. The van der Waals surface area contributed by atoms with E-state index in [4.69, 9.17) is 0 Å². The van der Waals surface area contributed by atoms with E-state index in [0.29, 0.717) is 0 Å². The molecule has 0 aromatic rings. The highest BCUT2D eigenvalue weighted by molar-refractivity contribution is 4.83. The van der Waals surface area contributed by atoms with Gasteiger partial charge in [-0.15, -0.1) is 0 Å². The van der Waals surface area contributed by atoms with Gasteiger partial charge in [0.05, 0.1) is 0 Å². The Balaban J connectivity index is 2.10. The van der Waals surface area contributed by atoms with Crippen molar-refractivity contribution in [3.05, 3.63) is 12.2 Å². The smallest absolute Gasteiger partial charge is 0.0204 e. The normalized spacial score (nSPS) is 25.7. The molecular formula is C10H20N2. The summed E-state index contributed by atoms with van der Waals surface area (Å²) in [5.41, 5.74) is 0. The first-order valence-corrected chi connectivity index (χ1v) is 4.87. The molecule has 70 valence electrons. The van der Waals surface area contributed by atoms with Gasteiger partial charge in [0.25, 0.3) is 0 Å². The standard InChI is InChI=1S/C10H20N2/c1-3-4-5-7-12-8-6-10(9-12)11-2/h3-4,10-11H,5-9H2,1-2H3/b4-3+. The van der Waals surface area contributed by atoms with Crippen LogP contribution in [0.25, 0.3) is 0 Å². The zero-order valence-electron chi connectivity index (χ0n) is 8.21. The molecule has 0 amide bonds. The molecule has 0 radical (unpaired) electrons. The molecule has 0 bridgehead atoms. The number of allylic oxidation sites excluding steroid dienone is 1. The van der Waals surface area contributed by atoms with Gasteiger partial charge in [0.2, 0.25) is 0 Å². The molecule has 1 aliphatic rings. The maximum Gasteiger partial charge on any atom is 0.0204 e. The van der Waals surface area contributed by atoms with Crippen LogP contribution in [0.3, 0.4) is 0 Å². The summed E-state index contributed by atoms with van der Waals surface area (Å²) < 4.78 is 0. The average Bonchev–Trinajstić information content (AvgIpc) is 2.53. The topological polar surface area (TPSA) is 15.3 Å². The van der Waals surface area contributed by atoms with Gasteiger partial charge in [0, 0.05) is 19.1 Å². The van der Waals surface area contributed by atoms with Crippen molar-refractivity contribution in [2.75, 3.05) is 26.7 Å². The van der Waals surface area contributed by atoms with Crippen molar-refractivity contribution in [3.8, 4) is 0 Å². The third-order valence-corrected chi connectivity index (χ3v) is 2.53. The van der Waals surface area contributed by atoms with Gasteiger partial charge in [-0.3, -0.25) is 0 Å². The van der Waals surface area contributed by atoms with Crippen LogP contribution >= 0.6 is 0 Å². The van der Waals surface area contributed by atoms with Gasteiger partial charge >= 0.3 is 0 Å². The molecule has 1 saturated heterocycles. The summed E-state index contributed by atoms with van der Waals surface area (Å²) in [4.78, 5) is 2.53. The van der Waals surface area contributed by atoms with Gasteiger partial charge in [-0.05, 0) is 33.4 Å². The minimum absolute atomic E-state index is 0.732. The molecule has 0 aliphatic carbocycles. The Labute approximate surface area is 75.6 Å². The van der Waals surface area contributed by atoms with Gasteiger partial charge < -0.3 is 10.2 Å². The number of nitrogens with zero attached hydrogens (tertiary/aromatic N) is 1. The van der Waals surface area contributed by atoms with Crippen molar-refractivity contribution in [3.63, 3.8) is 0 Å². The summed E-state index contributed by atoms with van der Waals surface area (Å²) in [6.45, 7) is 5.81. The third kappa shape index (κ3) is 2.95. The Bertz CT molecular complexity index is 143. The fourth-order valence-corrected chi connectivity index (χ4v) is 1.70. The van der Waals surface area contributed by atoms with Crippen molar-refractivity contribution in [1.82, 2.24) is 10.2 Å². The largest absolute Gasteiger partial charge is 0.316 e. The van der Waals surface area contributed by atoms with Crippen molar-refractivity contribution >= 4 is 0 Å². The van der Waals surface area contributed by atoms with Gasteiger partial charge in [-0.25, -0.2) is 0 Å². The van der Waals surface area contributed by atoms with Gasteiger partial charge in [0.15, 0.2) is 0 Å². The molecule has 0 aromatic carbocycles. The van der Waals surface area contributed by atoms with Crippen LogP contribution in [0.4, 0.5) is 0 Å². The Morgan fingerprint density at radius 1 is 1.58 bits per heavy atom. The lowest BCUT2D eigenvalue weighted by Crippen LogP contribution is -2.29. The summed E-state index contributed by atoms with van der Waals surface area (Å²) in [5, 5.41) is 3.32. The zero-order chi connectivity index (χ0) is 8.81. The minimum Gasteiger partial charge on any atom is -0.316 e. The Morgan fingerprint density at radius 2 is 2.42 bits per heavy atom. The molecule has 1 rings (SSSR count). The van der Waals surface area contributed by atoms with E-state index in [0.717, 1.165) is 6.04 Å². The van der Waals surface area contributed by atoms with E-state index >= 15 is 0 Å². The van der Waals surface area contributed by atoms with E-state index < -0.39 is 0 Å². The first-order valence-electron chi connectivity index (χ1n) is 4.87. The number of rotatable bonds is 4. The number of hydrogen-bond donors (Lipinski definition) is 1. The third-order valence-electron chi connectivity index (χ3n) is 2.53. The summed E-state index contributed by atoms with van der Waals surface area (Å²) >= 11 is 0. The van der Waals surface area contributed by atoms with E-state index in [9.17, 15) is 0 Å². The summed E-state index contributed by atoms with van der Waals surface area (Å²) in [6, 6.07) is 0.732. The lowest BCUT2D eigenvalue weighted by Gasteiger charge is -2.14. The van der Waals surface area contributed by atoms with E-state index in [2.05, 4.69) is 36.3 Å². The van der Waals surface area contributed by atoms with Crippen LogP contribution in [-0.4, -0.2) is 37.6 Å². The SMILES string of the molecule is C/C=C/CCN1CCC(NC)C1. The molecule has 1 fully saturated rings. The quantitative estimate of drug-likeness (QED) is 0.635. The van der Waals surface area contributed by atoms with Crippen LogP contribution in [0.1, 0.15) is 19.8 Å². The zero-order valence-corrected chi connectivity index (χ0v) is 8.21. The predicted molar refractivity (Wildman–Crippen MR) is 53.3 cm³/mol. The second-order valence-corrected chi connectivity index (χ2v) is 3.43. The summed E-state index contributed by atoms with van der Waals surface area (Å²) in [7, 11) is 2.06. The van der Waals surface area contributed by atoms with Crippen molar-refractivity contribution in [2.24, 2.45) is 0 Å². The maximum atomic E-state index is 3.32.